The lowest BCUT2D eigenvalue weighted by Gasteiger charge is -2.32. The number of rotatable bonds is 4. The molecule has 1 aliphatic rings. The molecule has 1 aromatic heterocycles. The van der Waals surface area contributed by atoms with Crippen LogP contribution in [0, 0.1) is 18.8 Å². The SMILES string of the molecule is Cc1c(CNC2CCCC(C(C)C)C2)cnn1C. The van der Waals surface area contributed by atoms with Crippen molar-refractivity contribution in [2.75, 3.05) is 0 Å². The van der Waals surface area contributed by atoms with E-state index in [1.807, 2.05) is 17.9 Å². The molecule has 102 valence electrons. The van der Waals surface area contributed by atoms with Crippen LogP contribution in [0.2, 0.25) is 0 Å². The summed E-state index contributed by atoms with van der Waals surface area (Å²) >= 11 is 0. The van der Waals surface area contributed by atoms with E-state index in [9.17, 15) is 0 Å². The van der Waals surface area contributed by atoms with Gasteiger partial charge in [0.25, 0.3) is 0 Å². The van der Waals surface area contributed by atoms with E-state index in [-0.39, 0.29) is 0 Å². The highest BCUT2D eigenvalue weighted by Crippen LogP contribution is 2.30. The minimum absolute atomic E-state index is 0.700. The Kier molecular flexibility index (Phi) is 4.44. The quantitative estimate of drug-likeness (QED) is 0.889. The van der Waals surface area contributed by atoms with Gasteiger partial charge in [0.05, 0.1) is 6.20 Å². The first-order valence-electron chi connectivity index (χ1n) is 7.28. The molecule has 0 aromatic carbocycles. The summed E-state index contributed by atoms with van der Waals surface area (Å²) in [7, 11) is 2.01. The monoisotopic (exact) mass is 249 g/mol. The van der Waals surface area contributed by atoms with E-state index in [1.54, 1.807) is 0 Å². The Morgan fingerprint density at radius 3 is 2.83 bits per heavy atom. The van der Waals surface area contributed by atoms with Gasteiger partial charge < -0.3 is 5.32 Å². The Hall–Kier alpha value is -0.830. The zero-order valence-electron chi connectivity index (χ0n) is 12.2. The van der Waals surface area contributed by atoms with Crippen molar-refractivity contribution in [3.8, 4) is 0 Å². The molecule has 0 radical (unpaired) electrons. The topological polar surface area (TPSA) is 29.9 Å². The largest absolute Gasteiger partial charge is 0.310 e. The van der Waals surface area contributed by atoms with Crippen molar-refractivity contribution in [1.82, 2.24) is 15.1 Å². The first-order valence-corrected chi connectivity index (χ1v) is 7.28. The number of nitrogens with one attached hydrogen (secondary N) is 1. The molecule has 1 fully saturated rings. The summed E-state index contributed by atoms with van der Waals surface area (Å²) in [5.41, 5.74) is 2.61. The van der Waals surface area contributed by atoms with E-state index in [2.05, 4.69) is 31.2 Å². The molecule has 1 N–H and O–H groups in total. The van der Waals surface area contributed by atoms with Crippen LogP contribution in [-0.2, 0) is 13.6 Å². The van der Waals surface area contributed by atoms with Gasteiger partial charge in [-0.3, -0.25) is 4.68 Å². The molecule has 1 saturated carbocycles. The molecule has 1 aromatic rings. The van der Waals surface area contributed by atoms with Crippen LogP contribution in [-0.4, -0.2) is 15.8 Å². The van der Waals surface area contributed by atoms with Gasteiger partial charge in [0.15, 0.2) is 0 Å². The molecule has 2 atom stereocenters. The molecule has 0 spiro atoms. The second-order valence-electron chi connectivity index (χ2n) is 6.13. The van der Waals surface area contributed by atoms with Crippen LogP contribution >= 0.6 is 0 Å². The summed E-state index contributed by atoms with van der Waals surface area (Å²) in [5.74, 6) is 1.74. The van der Waals surface area contributed by atoms with Crippen LogP contribution in [0.1, 0.15) is 50.8 Å². The van der Waals surface area contributed by atoms with Crippen molar-refractivity contribution >= 4 is 0 Å². The molecule has 0 saturated heterocycles. The summed E-state index contributed by atoms with van der Waals surface area (Å²) in [4.78, 5) is 0. The highest BCUT2D eigenvalue weighted by molar-refractivity contribution is 5.15. The fourth-order valence-corrected chi connectivity index (χ4v) is 2.99. The Bertz CT molecular complexity index is 381. The number of aryl methyl sites for hydroxylation is 1. The van der Waals surface area contributed by atoms with E-state index >= 15 is 0 Å². The third kappa shape index (κ3) is 3.14. The van der Waals surface area contributed by atoms with Crippen LogP contribution in [0.5, 0.6) is 0 Å². The van der Waals surface area contributed by atoms with Crippen molar-refractivity contribution in [3.63, 3.8) is 0 Å². The summed E-state index contributed by atoms with van der Waals surface area (Å²) in [6.45, 7) is 7.83. The average molecular weight is 249 g/mol. The van der Waals surface area contributed by atoms with Gasteiger partial charge >= 0.3 is 0 Å². The molecular weight excluding hydrogens is 222 g/mol. The second kappa shape index (κ2) is 5.87. The number of hydrogen-bond acceptors (Lipinski definition) is 2. The highest BCUT2D eigenvalue weighted by atomic mass is 15.3. The van der Waals surface area contributed by atoms with E-state index < -0.39 is 0 Å². The zero-order chi connectivity index (χ0) is 13.1. The van der Waals surface area contributed by atoms with Crippen molar-refractivity contribution < 1.29 is 0 Å². The lowest BCUT2D eigenvalue weighted by Crippen LogP contribution is -2.35. The lowest BCUT2D eigenvalue weighted by atomic mass is 9.79. The van der Waals surface area contributed by atoms with Crippen LogP contribution in [0.25, 0.3) is 0 Å². The Morgan fingerprint density at radius 2 is 2.22 bits per heavy atom. The van der Waals surface area contributed by atoms with Crippen molar-refractivity contribution in [2.24, 2.45) is 18.9 Å². The predicted octanol–water partition coefficient (Wildman–Crippen LogP) is 3.03. The normalized spacial score (nSPS) is 24.7. The van der Waals surface area contributed by atoms with Crippen molar-refractivity contribution in [2.45, 2.75) is 59.0 Å². The van der Waals surface area contributed by atoms with E-state index in [0.717, 1.165) is 18.4 Å². The van der Waals surface area contributed by atoms with Gasteiger partial charge in [-0.25, -0.2) is 0 Å². The molecule has 0 aliphatic heterocycles. The number of nitrogens with zero attached hydrogens (tertiary/aromatic N) is 2. The zero-order valence-corrected chi connectivity index (χ0v) is 12.2. The standard InChI is InChI=1S/C15H27N3/c1-11(2)13-6-5-7-15(8-13)16-9-14-10-17-18(4)12(14)3/h10-11,13,15-16H,5-9H2,1-4H3. The molecule has 3 heteroatoms. The first-order chi connectivity index (χ1) is 8.58. The highest BCUT2D eigenvalue weighted by Gasteiger charge is 2.23. The maximum Gasteiger partial charge on any atom is 0.0537 e. The fraction of sp³-hybridized carbons (Fsp3) is 0.800. The third-order valence-electron chi connectivity index (χ3n) is 4.58. The van der Waals surface area contributed by atoms with Gasteiger partial charge in [0.1, 0.15) is 0 Å². The van der Waals surface area contributed by atoms with Crippen molar-refractivity contribution in [1.29, 1.82) is 0 Å². The van der Waals surface area contributed by atoms with Gasteiger partial charge in [-0.05, 0) is 31.6 Å². The van der Waals surface area contributed by atoms with Crippen LogP contribution in [0.15, 0.2) is 6.20 Å². The second-order valence-corrected chi connectivity index (χ2v) is 6.13. The molecular formula is C15H27N3. The molecule has 0 bridgehead atoms. The summed E-state index contributed by atoms with van der Waals surface area (Å²) in [6, 6.07) is 0.700. The molecule has 18 heavy (non-hydrogen) atoms. The first kappa shape index (κ1) is 13.6. The third-order valence-corrected chi connectivity index (χ3v) is 4.58. The fourth-order valence-electron chi connectivity index (χ4n) is 2.99. The molecule has 2 rings (SSSR count). The lowest BCUT2D eigenvalue weighted by molar-refractivity contribution is 0.230. The molecule has 1 aliphatic carbocycles. The summed E-state index contributed by atoms with van der Waals surface area (Å²) in [6.07, 6.45) is 7.47. The summed E-state index contributed by atoms with van der Waals surface area (Å²) < 4.78 is 1.95. The summed E-state index contributed by atoms with van der Waals surface area (Å²) in [5, 5.41) is 8.02. The Balaban J connectivity index is 1.85. The van der Waals surface area contributed by atoms with Crippen LogP contribution < -0.4 is 5.32 Å². The number of hydrogen-bond donors (Lipinski definition) is 1. The van der Waals surface area contributed by atoms with Gasteiger partial charge in [-0.1, -0.05) is 26.7 Å². The van der Waals surface area contributed by atoms with Gasteiger partial charge in [-0.2, -0.15) is 5.10 Å². The van der Waals surface area contributed by atoms with Crippen LogP contribution in [0.3, 0.4) is 0 Å². The molecule has 2 unspecified atom stereocenters. The number of aromatic nitrogens is 2. The van der Waals surface area contributed by atoms with E-state index in [1.165, 1.54) is 36.9 Å². The van der Waals surface area contributed by atoms with Crippen LogP contribution in [0.4, 0.5) is 0 Å². The maximum atomic E-state index is 4.30. The smallest absolute Gasteiger partial charge is 0.0537 e. The predicted molar refractivity (Wildman–Crippen MR) is 75.4 cm³/mol. The average Bonchev–Trinajstić information content (AvgIpc) is 2.68. The van der Waals surface area contributed by atoms with E-state index in [4.69, 9.17) is 0 Å². The molecule has 1 heterocycles. The molecule has 0 amide bonds. The van der Waals surface area contributed by atoms with Crippen molar-refractivity contribution in [3.05, 3.63) is 17.5 Å². The Labute approximate surface area is 111 Å². The van der Waals surface area contributed by atoms with Gasteiger partial charge in [-0.15, -0.1) is 0 Å². The van der Waals surface area contributed by atoms with Gasteiger partial charge in [0.2, 0.25) is 0 Å². The van der Waals surface area contributed by atoms with Gasteiger partial charge in [0, 0.05) is 30.9 Å². The minimum atomic E-state index is 0.700. The minimum Gasteiger partial charge on any atom is -0.310 e. The van der Waals surface area contributed by atoms with E-state index in [0.29, 0.717) is 6.04 Å². The maximum absolute atomic E-state index is 4.30. The Morgan fingerprint density at radius 1 is 1.44 bits per heavy atom. The molecule has 3 nitrogen and oxygen atoms in total.